The van der Waals surface area contributed by atoms with Crippen molar-refractivity contribution < 1.29 is 0 Å². The number of aromatic nitrogens is 5. The maximum Gasteiger partial charge on any atom is 0.322 e. The van der Waals surface area contributed by atoms with E-state index in [1.807, 2.05) is 6.07 Å². The maximum atomic E-state index is 7.17. The molecule has 0 atom stereocenters. The van der Waals surface area contributed by atoms with Crippen LogP contribution in [0.25, 0.3) is 10.5 Å². The first-order valence-corrected chi connectivity index (χ1v) is 11.7. The van der Waals surface area contributed by atoms with Crippen LogP contribution < -0.4 is 9.80 Å². The highest BCUT2D eigenvalue weighted by molar-refractivity contribution is 6.30. The van der Waals surface area contributed by atoms with Crippen molar-refractivity contribution >= 4 is 29.3 Å². The molecule has 9 nitrogen and oxygen atoms in total. The van der Waals surface area contributed by atoms with Crippen LogP contribution in [0, 0.1) is 12.0 Å². The van der Waals surface area contributed by atoms with Crippen LogP contribution in [0.4, 0.5) is 17.7 Å². The summed E-state index contributed by atoms with van der Waals surface area (Å²) in [6.07, 6.45) is 4.17. The number of rotatable bonds is 3. The van der Waals surface area contributed by atoms with Crippen molar-refractivity contribution in [2.24, 2.45) is 5.41 Å². The smallest absolute Gasteiger partial charge is 0.322 e. The number of benzene rings is 1. The van der Waals surface area contributed by atoms with Gasteiger partial charge in [0, 0.05) is 55.4 Å². The second-order valence-corrected chi connectivity index (χ2v) is 10.1. The van der Waals surface area contributed by atoms with Gasteiger partial charge in [-0.15, -0.1) is 10.2 Å². The number of fused-ring (bicyclic) bond motifs is 3. The van der Waals surface area contributed by atoms with E-state index in [0.717, 1.165) is 61.8 Å². The molecule has 0 bridgehead atoms. The fraction of sp³-hybridized carbons (Fsp3) is 0.435. The van der Waals surface area contributed by atoms with E-state index >= 15 is 0 Å². The van der Waals surface area contributed by atoms with E-state index in [1.165, 1.54) is 18.4 Å². The lowest BCUT2D eigenvalue weighted by molar-refractivity contribution is 0.152. The minimum absolute atomic E-state index is 0.220. The molecule has 3 aromatic rings. The fourth-order valence-corrected chi connectivity index (χ4v) is 5.67. The lowest BCUT2D eigenvalue weighted by Crippen LogP contribution is -2.73. The lowest BCUT2D eigenvalue weighted by atomic mass is 9.73. The molecular weight excluding hydrogens is 438 g/mol. The van der Waals surface area contributed by atoms with Crippen LogP contribution in [0.15, 0.2) is 30.5 Å². The molecule has 1 aliphatic carbocycles. The van der Waals surface area contributed by atoms with Crippen molar-refractivity contribution in [1.29, 1.82) is 0 Å². The Morgan fingerprint density at radius 2 is 1.85 bits per heavy atom. The van der Waals surface area contributed by atoms with Crippen LogP contribution in [0.5, 0.6) is 0 Å². The predicted molar refractivity (Wildman–Crippen MR) is 124 cm³/mol. The molecule has 1 saturated carbocycles. The van der Waals surface area contributed by atoms with E-state index in [2.05, 4.69) is 56.4 Å². The molecule has 0 radical (unpaired) electrons. The summed E-state index contributed by atoms with van der Waals surface area (Å²) in [6, 6.07) is 8.43. The molecule has 0 amide bonds. The van der Waals surface area contributed by atoms with Crippen LogP contribution in [0.3, 0.4) is 0 Å². The van der Waals surface area contributed by atoms with E-state index < -0.39 is 0 Å². The highest BCUT2D eigenvalue weighted by Crippen LogP contribution is 2.44. The van der Waals surface area contributed by atoms with Crippen molar-refractivity contribution in [3.63, 3.8) is 0 Å². The normalized spacial score (nSPS) is 21.0. The van der Waals surface area contributed by atoms with Crippen molar-refractivity contribution in [1.82, 2.24) is 29.6 Å². The fourth-order valence-electron chi connectivity index (χ4n) is 5.48. The average molecular weight is 460 g/mol. The zero-order valence-corrected chi connectivity index (χ0v) is 18.8. The molecule has 2 saturated heterocycles. The van der Waals surface area contributed by atoms with Gasteiger partial charge < -0.3 is 14.6 Å². The van der Waals surface area contributed by atoms with E-state index in [-0.39, 0.29) is 5.41 Å². The Hall–Kier alpha value is -3.22. The van der Waals surface area contributed by atoms with Crippen molar-refractivity contribution in [3.8, 4) is 5.69 Å². The number of halogens is 1. The standard InChI is InChI=1S/C23H22ClN9/c1-25-19-6-7-26-21(27-19)31-11-23(12-31)13-32(14-23)22-29-28-20-10-30(17-3-4-17)9-15-8-16(24)2-5-18(15)33(20)22/h2,5-8,17H,3-4,9-14H2. The first-order chi connectivity index (χ1) is 16.1. The number of hydrogen-bond donors (Lipinski definition) is 0. The number of nitrogens with zero attached hydrogens (tertiary/aromatic N) is 9. The van der Waals surface area contributed by atoms with E-state index in [1.54, 1.807) is 12.3 Å². The summed E-state index contributed by atoms with van der Waals surface area (Å²) in [5, 5.41) is 10.0. The van der Waals surface area contributed by atoms with E-state index in [0.29, 0.717) is 17.8 Å². The van der Waals surface area contributed by atoms with Gasteiger partial charge in [-0.25, -0.2) is 4.98 Å². The molecule has 7 rings (SSSR count). The van der Waals surface area contributed by atoms with E-state index in [4.69, 9.17) is 18.2 Å². The van der Waals surface area contributed by atoms with Gasteiger partial charge in [-0.2, -0.15) is 0 Å². The Morgan fingerprint density at radius 3 is 2.64 bits per heavy atom. The molecule has 4 aliphatic rings. The Morgan fingerprint density at radius 1 is 1.03 bits per heavy atom. The van der Waals surface area contributed by atoms with E-state index in [9.17, 15) is 0 Å². The van der Waals surface area contributed by atoms with Crippen LogP contribution in [-0.2, 0) is 13.1 Å². The van der Waals surface area contributed by atoms with Crippen LogP contribution in [-0.4, -0.2) is 61.9 Å². The molecule has 0 N–H and O–H groups in total. The van der Waals surface area contributed by atoms with Gasteiger partial charge in [0.25, 0.3) is 5.82 Å². The van der Waals surface area contributed by atoms with Gasteiger partial charge in [0.1, 0.15) is 0 Å². The van der Waals surface area contributed by atoms with Crippen LogP contribution >= 0.6 is 11.6 Å². The molecule has 166 valence electrons. The quantitative estimate of drug-likeness (QED) is 0.557. The van der Waals surface area contributed by atoms with Crippen LogP contribution in [0.1, 0.15) is 24.2 Å². The number of hydrogen-bond acceptors (Lipinski definition) is 7. The molecule has 33 heavy (non-hydrogen) atoms. The Labute approximate surface area is 196 Å². The molecule has 1 aromatic carbocycles. The zero-order chi connectivity index (χ0) is 22.2. The number of anilines is 2. The van der Waals surface area contributed by atoms with Gasteiger partial charge in [-0.05, 0) is 42.7 Å². The van der Waals surface area contributed by atoms with Gasteiger partial charge in [0.2, 0.25) is 5.95 Å². The van der Waals surface area contributed by atoms with Crippen molar-refractivity contribution in [2.75, 3.05) is 36.0 Å². The lowest BCUT2D eigenvalue weighted by Gasteiger charge is -2.59. The molecule has 5 heterocycles. The molecule has 1 spiro atoms. The molecule has 0 unspecified atom stereocenters. The third-order valence-electron chi connectivity index (χ3n) is 7.19. The molecule has 2 aromatic heterocycles. The summed E-state index contributed by atoms with van der Waals surface area (Å²) in [7, 11) is 0. The predicted octanol–water partition coefficient (Wildman–Crippen LogP) is 3.07. The molecule has 3 aliphatic heterocycles. The Kier molecular flexibility index (Phi) is 4.02. The van der Waals surface area contributed by atoms with Gasteiger partial charge in [0.15, 0.2) is 5.82 Å². The molecule has 3 fully saturated rings. The Bertz CT molecular complexity index is 1290. The van der Waals surface area contributed by atoms with Crippen LogP contribution in [0.2, 0.25) is 5.02 Å². The zero-order valence-electron chi connectivity index (χ0n) is 18.0. The minimum Gasteiger partial charge on any atom is -0.360 e. The van der Waals surface area contributed by atoms with Gasteiger partial charge in [0.05, 0.1) is 12.2 Å². The summed E-state index contributed by atoms with van der Waals surface area (Å²) >= 11 is 6.36. The summed E-state index contributed by atoms with van der Waals surface area (Å²) in [6.45, 7) is 12.5. The topological polar surface area (TPSA) is 70.6 Å². The minimum atomic E-state index is 0.220. The summed E-state index contributed by atoms with van der Waals surface area (Å²) < 4.78 is 2.24. The largest absolute Gasteiger partial charge is 0.360 e. The highest BCUT2D eigenvalue weighted by atomic mass is 35.5. The van der Waals surface area contributed by atoms with Gasteiger partial charge >= 0.3 is 5.95 Å². The van der Waals surface area contributed by atoms with Gasteiger partial charge in [-0.1, -0.05) is 23.2 Å². The Balaban J connectivity index is 1.13. The monoisotopic (exact) mass is 459 g/mol. The second kappa shape index (κ2) is 6.89. The highest BCUT2D eigenvalue weighted by Gasteiger charge is 2.54. The summed E-state index contributed by atoms with van der Waals surface area (Å²) in [5.41, 5.74) is 2.59. The third-order valence-corrected chi connectivity index (χ3v) is 7.43. The SMILES string of the molecule is [C-]#[N+]c1ccnc(N2CC3(C2)CN(c2nnc4n2-c2ccc(Cl)cc2CN(C2CC2)C4)C3)n1. The third kappa shape index (κ3) is 3.09. The van der Waals surface area contributed by atoms with Crippen molar-refractivity contribution in [3.05, 3.63) is 58.3 Å². The summed E-state index contributed by atoms with van der Waals surface area (Å²) in [5.74, 6) is 2.95. The average Bonchev–Trinajstić information content (AvgIpc) is 3.55. The van der Waals surface area contributed by atoms with Crippen molar-refractivity contribution in [2.45, 2.75) is 32.0 Å². The molecule has 10 heteroatoms. The van der Waals surface area contributed by atoms with Gasteiger partial charge in [-0.3, -0.25) is 9.47 Å². The maximum absolute atomic E-state index is 7.17. The second-order valence-electron chi connectivity index (χ2n) is 9.70. The molecular formula is C23H22ClN9. The summed E-state index contributed by atoms with van der Waals surface area (Å²) in [4.78, 5) is 19.1. The first kappa shape index (κ1) is 19.3. The first-order valence-electron chi connectivity index (χ1n) is 11.3.